The van der Waals surface area contributed by atoms with Gasteiger partial charge in [-0.3, -0.25) is 14.4 Å². The quantitative estimate of drug-likeness (QED) is 0.209. The number of hydrogen-bond donors (Lipinski definition) is 1. The Labute approximate surface area is 309 Å². The van der Waals surface area contributed by atoms with E-state index >= 15 is 0 Å². The van der Waals surface area contributed by atoms with Crippen molar-refractivity contribution in [3.05, 3.63) is 108 Å². The van der Waals surface area contributed by atoms with Crippen LogP contribution in [0.25, 0.3) is 0 Å². The third-order valence-electron chi connectivity index (χ3n) is 8.10. The molecule has 0 unspecified atom stereocenters. The normalized spacial score (nSPS) is 26.3. The highest BCUT2D eigenvalue weighted by molar-refractivity contribution is 5.91. The maximum atomic E-state index is 13.5. The number of hydrogen-bond acceptors (Lipinski definition) is 16. The van der Waals surface area contributed by atoms with Gasteiger partial charge < -0.3 is 47.7 Å². The van der Waals surface area contributed by atoms with Crippen LogP contribution in [0, 0.1) is 0 Å². The van der Waals surface area contributed by atoms with Gasteiger partial charge in [-0.25, -0.2) is 14.4 Å². The van der Waals surface area contributed by atoms with Crippen molar-refractivity contribution in [3.8, 4) is 0 Å². The van der Waals surface area contributed by atoms with Crippen molar-refractivity contribution in [2.75, 3.05) is 13.2 Å². The number of aliphatic hydroxyl groups excluding tert-OH is 1. The van der Waals surface area contributed by atoms with Gasteiger partial charge in [-0.2, -0.15) is 0 Å². The lowest BCUT2D eigenvalue weighted by Gasteiger charge is -2.44. The van der Waals surface area contributed by atoms with Crippen LogP contribution in [-0.4, -0.2) is 109 Å². The average Bonchev–Trinajstić information content (AvgIpc) is 3.15. The van der Waals surface area contributed by atoms with Crippen molar-refractivity contribution < 1.29 is 76.5 Å². The third kappa shape index (κ3) is 10.3. The van der Waals surface area contributed by atoms with Crippen LogP contribution in [0.5, 0.6) is 0 Å². The van der Waals surface area contributed by atoms with Gasteiger partial charge in [0.15, 0.2) is 49.2 Å². The van der Waals surface area contributed by atoms with Gasteiger partial charge in [-0.05, 0) is 36.4 Å². The minimum Gasteiger partial charge on any atom is -0.456 e. The molecular formula is C38H38O16. The molecule has 2 heterocycles. The minimum absolute atomic E-state index is 0.0891. The molecule has 286 valence electrons. The summed E-state index contributed by atoms with van der Waals surface area (Å²) in [5, 5.41) is 11.3. The lowest BCUT2D eigenvalue weighted by atomic mass is 9.97. The maximum absolute atomic E-state index is 13.5. The van der Waals surface area contributed by atoms with E-state index in [-0.39, 0.29) is 23.3 Å². The molecular weight excluding hydrogens is 712 g/mol. The molecule has 0 bridgehead atoms. The molecule has 0 saturated carbocycles. The van der Waals surface area contributed by atoms with E-state index in [0.29, 0.717) is 0 Å². The molecule has 0 aliphatic carbocycles. The first-order valence-corrected chi connectivity index (χ1v) is 16.8. The van der Waals surface area contributed by atoms with Crippen molar-refractivity contribution in [1.29, 1.82) is 0 Å². The van der Waals surface area contributed by atoms with Crippen molar-refractivity contribution in [1.82, 2.24) is 0 Å². The van der Waals surface area contributed by atoms with E-state index in [1.807, 2.05) is 0 Å². The molecule has 16 heteroatoms. The molecule has 0 radical (unpaired) electrons. The maximum Gasteiger partial charge on any atom is 0.338 e. The molecule has 2 aliphatic rings. The van der Waals surface area contributed by atoms with E-state index in [0.717, 1.165) is 20.8 Å². The number of benzene rings is 3. The second-order valence-electron chi connectivity index (χ2n) is 12.1. The monoisotopic (exact) mass is 750 g/mol. The Hall–Kier alpha value is -5.68. The molecule has 9 atom stereocenters. The number of rotatable bonds is 12. The molecule has 54 heavy (non-hydrogen) atoms. The number of carbonyl (C=O) groups is 6. The second-order valence-corrected chi connectivity index (χ2v) is 12.1. The molecule has 0 aromatic heterocycles. The molecule has 16 nitrogen and oxygen atoms in total. The Morgan fingerprint density at radius 3 is 1.44 bits per heavy atom. The van der Waals surface area contributed by atoms with Crippen LogP contribution >= 0.6 is 0 Å². The molecule has 3 aromatic carbocycles. The van der Waals surface area contributed by atoms with E-state index in [2.05, 4.69) is 0 Å². The number of ether oxygens (including phenoxy) is 9. The lowest BCUT2D eigenvalue weighted by molar-refractivity contribution is -0.313. The Balaban J connectivity index is 1.48. The molecule has 2 saturated heterocycles. The first-order valence-electron chi connectivity index (χ1n) is 16.8. The fourth-order valence-electron chi connectivity index (χ4n) is 5.77. The number of esters is 6. The van der Waals surface area contributed by atoms with Gasteiger partial charge in [-0.15, -0.1) is 0 Å². The van der Waals surface area contributed by atoms with Crippen molar-refractivity contribution in [2.24, 2.45) is 0 Å². The smallest absolute Gasteiger partial charge is 0.338 e. The van der Waals surface area contributed by atoms with Gasteiger partial charge in [-0.1, -0.05) is 54.6 Å². The minimum atomic E-state index is -1.98. The fourth-order valence-corrected chi connectivity index (χ4v) is 5.77. The predicted molar refractivity (Wildman–Crippen MR) is 180 cm³/mol. The van der Waals surface area contributed by atoms with Gasteiger partial charge in [0.1, 0.15) is 6.10 Å². The highest BCUT2D eigenvalue weighted by Crippen LogP contribution is 2.32. The van der Waals surface area contributed by atoms with E-state index in [4.69, 9.17) is 42.6 Å². The summed E-state index contributed by atoms with van der Waals surface area (Å²) in [6.45, 7) is 2.33. The fraction of sp³-hybridized carbons (Fsp3) is 0.368. The summed E-state index contributed by atoms with van der Waals surface area (Å²) >= 11 is 0. The summed E-state index contributed by atoms with van der Waals surface area (Å²) in [5.74, 6) is -5.07. The highest BCUT2D eigenvalue weighted by Gasteiger charge is 2.54. The van der Waals surface area contributed by atoms with E-state index in [1.165, 1.54) is 36.4 Å². The SMILES string of the molecule is CC(=O)O[C@@H]1[C@@H](OC(C)=O)[C@H](OC[C@H]2O[C@H](O)[C@H](OC(=O)c3ccccc3)[C@@H](OC(=O)c3ccccc3)[C@@H]2OC(=O)c2ccccc2)OC[C@H]1OC(C)=O. The zero-order valence-electron chi connectivity index (χ0n) is 29.3. The topological polar surface area (TPSA) is 206 Å². The van der Waals surface area contributed by atoms with Crippen molar-refractivity contribution in [2.45, 2.75) is 76.1 Å². The van der Waals surface area contributed by atoms with E-state index < -0.39 is 97.7 Å². The summed E-state index contributed by atoms with van der Waals surface area (Å²) in [6, 6.07) is 23.4. The number of carbonyl (C=O) groups excluding carboxylic acids is 6. The summed E-state index contributed by atoms with van der Waals surface area (Å²) in [5.41, 5.74) is 0.285. The largest absolute Gasteiger partial charge is 0.456 e. The van der Waals surface area contributed by atoms with Crippen LogP contribution in [-0.2, 0) is 57.0 Å². The van der Waals surface area contributed by atoms with Gasteiger partial charge in [0.2, 0.25) is 0 Å². The van der Waals surface area contributed by atoms with E-state index in [9.17, 15) is 33.9 Å². The third-order valence-corrected chi connectivity index (χ3v) is 8.10. The van der Waals surface area contributed by atoms with Crippen LogP contribution in [0.2, 0.25) is 0 Å². The summed E-state index contributed by atoms with van der Waals surface area (Å²) in [7, 11) is 0. The highest BCUT2D eigenvalue weighted by atomic mass is 16.7. The molecule has 3 aromatic rings. The summed E-state index contributed by atoms with van der Waals surface area (Å²) in [6.07, 6.45) is -14.1. The Morgan fingerprint density at radius 2 is 0.981 bits per heavy atom. The van der Waals surface area contributed by atoms with Crippen LogP contribution in [0.4, 0.5) is 0 Å². The van der Waals surface area contributed by atoms with Gasteiger partial charge in [0.25, 0.3) is 0 Å². The first-order chi connectivity index (χ1) is 25.9. The Bertz CT molecular complexity index is 1770. The van der Waals surface area contributed by atoms with Crippen molar-refractivity contribution in [3.63, 3.8) is 0 Å². The average molecular weight is 751 g/mol. The van der Waals surface area contributed by atoms with Crippen LogP contribution in [0.15, 0.2) is 91.0 Å². The van der Waals surface area contributed by atoms with Gasteiger partial charge >= 0.3 is 35.8 Å². The van der Waals surface area contributed by atoms with Crippen LogP contribution in [0.1, 0.15) is 51.8 Å². The predicted octanol–water partition coefficient (Wildman–Crippen LogP) is 2.55. The van der Waals surface area contributed by atoms with Gasteiger partial charge in [0, 0.05) is 20.8 Å². The zero-order valence-corrected chi connectivity index (χ0v) is 29.3. The molecule has 0 spiro atoms. The second kappa shape index (κ2) is 18.4. The van der Waals surface area contributed by atoms with Crippen molar-refractivity contribution >= 4 is 35.8 Å². The van der Waals surface area contributed by atoms with Crippen LogP contribution in [0.3, 0.4) is 0 Å². The molecule has 2 aliphatic heterocycles. The Kier molecular flexibility index (Phi) is 13.5. The molecule has 2 fully saturated rings. The van der Waals surface area contributed by atoms with Crippen LogP contribution < -0.4 is 0 Å². The Morgan fingerprint density at radius 1 is 0.556 bits per heavy atom. The van der Waals surface area contributed by atoms with E-state index in [1.54, 1.807) is 54.6 Å². The molecule has 5 rings (SSSR count). The molecule has 1 N–H and O–H groups in total. The summed E-state index contributed by atoms with van der Waals surface area (Å²) < 4.78 is 51.0. The molecule has 0 amide bonds. The zero-order chi connectivity index (χ0) is 38.8. The lowest BCUT2D eigenvalue weighted by Crippen LogP contribution is -2.63. The summed E-state index contributed by atoms with van der Waals surface area (Å²) in [4.78, 5) is 76.3. The number of aliphatic hydroxyl groups is 1. The standard InChI is InChI=1S/C38H38O16/c1-21(39)48-27-19-46-38(33(50-23(3)41)30(27)49-22(2)40)47-20-28-29(52-34(42)24-13-7-4-8-14-24)31(53-35(43)25-15-9-5-10-16-25)32(37(45)51-28)54-36(44)26-17-11-6-12-18-26/h4-18,27-33,37-38,45H,19-20H2,1-3H3/t27-,28-,29-,30+,31+,32-,33-,37+,38+/m1/s1. The van der Waals surface area contributed by atoms with Gasteiger partial charge in [0.05, 0.1) is 29.9 Å². The first kappa shape index (κ1) is 39.5.